The van der Waals surface area contributed by atoms with Crippen molar-refractivity contribution < 1.29 is 38.1 Å². The number of hydrogen-bond donors (Lipinski definition) is 1. The molecule has 0 aromatic heterocycles. The molecule has 0 saturated carbocycles. The Morgan fingerprint density at radius 3 is 1.95 bits per heavy atom. The summed E-state index contributed by atoms with van der Waals surface area (Å²) in [5.41, 5.74) is 5.47. The lowest BCUT2D eigenvalue weighted by molar-refractivity contribution is -0.151. The summed E-state index contributed by atoms with van der Waals surface area (Å²) in [5, 5.41) is 0. The fourth-order valence-electron chi connectivity index (χ4n) is 3.44. The summed E-state index contributed by atoms with van der Waals surface area (Å²) < 4.78 is 21.1. The molecule has 1 aromatic carbocycles. The van der Waals surface area contributed by atoms with Crippen LogP contribution in [0.25, 0.3) is 0 Å². The lowest BCUT2D eigenvalue weighted by atomic mass is 9.88. The monoisotopic (exact) mass is 521 g/mol. The van der Waals surface area contributed by atoms with Gasteiger partial charge in [0.05, 0.1) is 13.7 Å². The average Bonchev–Trinajstić information content (AvgIpc) is 2.82. The summed E-state index contributed by atoms with van der Waals surface area (Å²) in [6.45, 7) is 9.84. The summed E-state index contributed by atoms with van der Waals surface area (Å²) in [6, 6.07) is 4.70. The molecule has 9 heteroatoms. The van der Waals surface area contributed by atoms with Gasteiger partial charge in [-0.3, -0.25) is 19.2 Å². The van der Waals surface area contributed by atoms with Crippen molar-refractivity contribution in [2.45, 2.75) is 91.5 Å². The van der Waals surface area contributed by atoms with E-state index in [-0.39, 0.29) is 56.2 Å². The zero-order chi connectivity index (χ0) is 28.0. The molecule has 2 N–H and O–H groups in total. The third-order valence-corrected chi connectivity index (χ3v) is 5.68. The Hall–Kier alpha value is -2.94. The normalized spacial score (nSPS) is 12.7. The molecule has 0 aliphatic heterocycles. The number of ether oxygens (including phenoxy) is 4. The SMILES string of the molecule is CCCC(=O)OCC[C@@](N)(Cc1ccc(OC(=O)CCC(C)C)c(OC(=O)CCC(C)C)c1)C(=O)OC. The molecule has 0 spiro atoms. The predicted molar refractivity (Wildman–Crippen MR) is 139 cm³/mol. The molecule has 0 aliphatic rings. The van der Waals surface area contributed by atoms with Gasteiger partial charge in [0.15, 0.2) is 11.5 Å². The Morgan fingerprint density at radius 1 is 0.865 bits per heavy atom. The summed E-state index contributed by atoms with van der Waals surface area (Å²) >= 11 is 0. The summed E-state index contributed by atoms with van der Waals surface area (Å²) in [5.74, 6) is -1.09. The van der Waals surface area contributed by atoms with Crippen LogP contribution in [0.4, 0.5) is 0 Å². The molecule has 0 aliphatic carbocycles. The molecule has 0 radical (unpaired) electrons. The van der Waals surface area contributed by atoms with Crippen molar-refractivity contribution in [1.82, 2.24) is 0 Å². The van der Waals surface area contributed by atoms with Crippen molar-refractivity contribution in [3.05, 3.63) is 23.8 Å². The van der Waals surface area contributed by atoms with Crippen molar-refractivity contribution in [3.63, 3.8) is 0 Å². The number of nitrogens with two attached hydrogens (primary N) is 1. The van der Waals surface area contributed by atoms with Crippen LogP contribution in [-0.4, -0.2) is 43.1 Å². The minimum Gasteiger partial charge on any atom is -0.468 e. The largest absolute Gasteiger partial charge is 0.468 e. The first-order chi connectivity index (χ1) is 17.4. The number of rotatable bonds is 16. The maximum Gasteiger partial charge on any atom is 0.326 e. The van der Waals surface area contributed by atoms with Gasteiger partial charge < -0.3 is 24.7 Å². The smallest absolute Gasteiger partial charge is 0.326 e. The van der Waals surface area contributed by atoms with Crippen LogP contribution in [0.15, 0.2) is 18.2 Å². The molecule has 0 unspecified atom stereocenters. The zero-order valence-electron chi connectivity index (χ0n) is 23.1. The Morgan fingerprint density at radius 2 is 1.43 bits per heavy atom. The van der Waals surface area contributed by atoms with Crippen LogP contribution in [0.3, 0.4) is 0 Å². The second-order valence-electron chi connectivity index (χ2n) is 10.1. The van der Waals surface area contributed by atoms with E-state index in [0.717, 1.165) is 0 Å². The Labute approximate surface area is 220 Å². The Kier molecular flexibility index (Phi) is 13.9. The van der Waals surface area contributed by atoms with Crippen molar-refractivity contribution in [2.75, 3.05) is 13.7 Å². The van der Waals surface area contributed by atoms with Gasteiger partial charge in [-0.1, -0.05) is 40.7 Å². The predicted octanol–water partition coefficient (Wildman–Crippen LogP) is 4.52. The highest BCUT2D eigenvalue weighted by Crippen LogP contribution is 2.31. The third kappa shape index (κ3) is 12.2. The number of benzene rings is 1. The van der Waals surface area contributed by atoms with E-state index >= 15 is 0 Å². The van der Waals surface area contributed by atoms with Gasteiger partial charge in [-0.25, -0.2) is 0 Å². The van der Waals surface area contributed by atoms with Gasteiger partial charge in [0.25, 0.3) is 0 Å². The van der Waals surface area contributed by atoms with Gasteiger partial charge in [-0.2, -0.15) is 0 Å². The minimum atomic E-state index is -1.49. The molecule has 1 atom stereocenters. The summed E-state index contributed by atoms with van der Waals surface area (Å²) in [6.07, 6.45) is 2.72. The van der Waals surface area contributed by atoms with E-state index in [1.165, 1.54) is 19.2 Å². The molecular formula is C28H43NO8. The minimum absolute atomic E-state index is 0.0170. The van der Waals surface area contributed by atoms with E-state index in [1.807, 2.05) is 34.6 Å². The maximum atomic E-state index is 12.5. The van der Waals surface area contributed by atoms with E-state index in [1.54, 1.807) is 6.07 Å². The first-order valence-corrected chi connectivity index (χ1v) is 13.0. The van der Waals surface area contributed by atoms with Crippen molar-refractivity contribution in [2.24, 2.45) is 17.6 Å². The Bertz CT molecular complexity index is 911. The van der Waals surface area contributed by atoms with Gasteiger partial charge in [-0.15, -0.1) is 0 Å². The number of esters is 4. The topological polar surface area (TPSA) is 131 Å². The van der Waals surface area contributed by atoms with E-state index in [0.29, 0.717) is 36.7 Å². The fourth-order valence-corrected chi connectivity index (χ4v) is 3.44. The van der Waals surface area contributed by atoms with Crippen LogP contribution in [0.2, 0.25) is 0 Å². The molecule has 0 fully saturated rings. The molecule has 0 heterocycles. The molecule has 9 nitrogen and oxygen atoms in total. The van der Waals surface area contributed by atoms with Crippen molar-refractivity contribution >= 4 is 23.9 Å². The quantitative estimate of drug-likeness (QED) is 0.246. The molecule has 208 valence electrons. The van der Waals surface area contributed by atoms with Gasteiger partial charge in [0, 0.05) is 32.1 Å². The molecule has 1 aromatic rings. The van der Waals surface area contributed by atoms with E-state index in [2.05, 4.69) is 0 Å². The van der Waals surface area contributed by atoms with Gasteiger partial charge in [0.1, 0.15) is 5.54 Å². The van der Waals surface area contributed by atoms with Crippen molar-refractivity contribution in [3.8, 4) is 11.5 Å². The molecular weight excluding hydrogens is 478 g/mol. The second kappa shape index (κ2) is 16.0. The first kappa shape index (κ1) is 32.1. The van der Waals surface area contributed by atoms with Crippen LogP contribution in [0.1, 0.15) is 85.1 Å². The van der Waals surface area contributed by atoms with Crippen LogP contribution in [0, 0.1) is 11.8 Å². The number of carbonyl (C=O) groups excluding carboxylic acids is 4. The number of methoxy groups -OCH3 is 1. The second-order valence-corrected chi connectivity index (χ2v) is 10.1. The average molecular weight is 522 g/mol. The number of carbonyl (C=O) groups is 4. The van der Waals surface area contributed by atoms with E-state index in [4.69, 9.17) is 24.7 Å². The standard InChI is InChI=1S/C28H43NO8/c1-7-8-24(30)35-16-15-28(29,27(33)34-6)18-21-11-12-22(36-25(31)13-9-19(2)3)23(17-21)37-26(32)14-10-20(4)5/h11-12,17,19-20H,7-10,13-16,18,29H2,1-6H3/t28-/m1/s1. The van der Waals surface area contributed by atoms with Crippen molar-refractivity contribution in [1.29, 1.82) is 0 Å². The molecule has 0 amide bonds. The highest BCUT2D eigenvalue weighted by Gasteiger charge is 2.36. The van der Waals surface area contributed by atoms with Gasteiger partial charge in [-0.05, 0) is 48.8 Å². The van der Waals surface area contributed by atoms with Gasteiger partial charge in [0.2, 0.25) is 0 Å². The lowest BCUT2D eigenvalue weighted by Gasteiger charge is -2.26. The summed E-state index contributed by atoms with van der Waals surface area (Å²) in [7, 11) is 1.23. The molecule has 37 heavy (non-hydrogen) atoms. The molecule has 0 bridgehead atoms. The van der Waals surface area contributed by atoms with Crippen LogP contribution in [0.5, 0.6) is 11.5 Å². The highest BCUT2D eigenvalue weighted by molar-refractivity contribution is 5.81. The molecule has 0 saturated heterocycles. The highest BCUT2D eigenvalue weighted by atomic mass is 16.6. The fraction of sp³-hybridized carbons (Fsp3) is 0.643. The van der Waals surface area contributed by atoms with Gasteiger partial charge >= 0.3 is 23.9 Å². The third-order valence-electron chi connectivity index (χ3n) is 5.68. The maximum absolute atomic E-state index is 12.5. The summed E-state index contributed by atoms with van der Waals surface area (Å²) in [4.78, 5) is 49.1. The van der Waals surface area contributed by atoms with E-state index in [9.17, 15) is 19.2 Å². The molecule has 1 rings (SSSR count). The first-order valence-electron chi connectivity index (χ1n) is 13.0. The van der Waals surface area contributed by atoms with Crippen LogP contribution >= 0.6 is 0 Å². The lowest BCUT2D eigenvalue weighted by Crippen LogP contribution is -2.51. The van der Waals surface area contributed by atoms with Crippen LogP contribution in [-0.2, 0) is 35.1 Å². The van der Waals surface area contributed by atoms with E-state index < -0.39 is 23.4 Å². The Balaban J connectivity index is 3.15. The zero-order valence-corrected chi connectivity index (χ0v) is 23.1. The number of hydrogen-bond acceptors (Lipinski definition) is 9. The van der Waals surface area contributed by atoms with Crippen LogP contribution < -0.4 is 15.2 Å².